The Labute approximate surface area is 172 Å². The maximum atomic E-state index is 6.27. The molecule has 0 aromatic heterocycles. The zero-order chi connectivity index (χ0) is 18.6. The van der Waals surface area contributed by atoms with Gasteiger partial charge in [-0.05, 0) is 0 Å². The molecule has 4 rings (SSSR count). The molecule has 0 bridgehead atoms. The topological polar surface area (TPSA) is 12.5 Å². The Kier molecular flexibility index (Phi) is 5.97. The van der Waals surface area contributed by atoms with Crippen LogP contribution in [0.5, 0.6) is 0 Å². The molecule has 1 aliphatic heterocycles. The molecule has 1 fully saturated rings. The van der Waals surface area contributed by atoms with Crippen molar-refractivity contribution in [2.24, 2.45) is 0 Å². The molecule has 1 unspecified atom stereocenters. The molecule has 138 valence electrons. The van der Waals surface area contributed by atoms with Crippen molar-refractivity contribution in [3.63, 3.8) is 0 Å². The third kappa shape index (κ3) is 4.29. The van der Waals surface area contributed by atoms with E-state index in [2.05, 4.69) is 84.8 Å². The average Bonchev–Trinajstić information content (AvgIpc) is 3.13. The van der Waals surface area contributed by atoms with Gasteiger partial charge in [-0.2, -0.15) is 0 Å². The van der Waals surface area contributed by atoms with Crippen LogP contribution in [0.3, 0.4) is 0 Å². The summed E-state index contributed by atoms with van der Waals surface area (Å²) < 4.78 is 1.42. The molecular weight excluding hydrogens is 421 g/mol. The van der Waals surface area contributed by atoms with E-state index in [0.29, 0.717) is 19.8 Å². The molecule has 4 heteroatoms. The summed E-state index contributed by atoms with van der Waals surface area (Å²) >= 11 is 6.42. The van der Waals surface area contributed by atoms with Crippen LogP contribution in [-0.4, -0.2) is 26.6 Å². The van der Waals surface area contributed by atoms with E-state index in [4.69, 9.17) is 16.4 Å². The number of benzene rings is 3. The fourth-order valence-electron chi connectivity index (χ4n) is 3.52. The van der Waals surface area contributed by atoms with Crippen LogP contribution >= 0.6 is 11.6 Å². The number of hydrogen-bond donors (Lipinski definition) is 0. The molecule has 0 N–H and O–H groups in total. The van der Waals surface area contributed by atoms with Gasteiger partial charge in [0.2, 0.25) is 0 Å². The fraction of sp³-hybridized carbons (Fsp3) is 0.217. The molecule has 1 heterocycles. The van der Waals surface area contributed by atoms with Crippen LogP contribution in [0.2, 0.25) is 9.84 Å². The third-order valence-corrected chi connectivity index (χ3v) is 7.78. The molecule has 0 saturated carbocycles. The summed E-state index contributed by atoms with van der Waals surface area (Å²) in [5, 5.41) is 2.95. The molecule has 3 aromatic carbocycles. The van der Waals surface area contributed by atoms with E-state index in [1.807, 2.05) is 12.1 Å². The van der Waals surface area contributed by atoms with Gasteiger partial charge in [0.05, 0.1) is 0 Å². The first-order chi connectivity index (χ1) is 13.2. The Hall–Kier alpha value is -1.61. The van der Waals surface area contributed by atoms with Gasteiger partial charge in [-0.25, -0.2) is 0 Å². The predicted octanol–water partition coefficient (Wildman–Crippen LogP) is 5.21. The summed E-state index contributed by atoms with van der Waals surface area (Å²) in [6, 6.07) is 30.0. The minimum absolute atomic E-state index is 0.157. The van der Waals surface area contributed by atoms with Gasteiger partial charge in [-0.1, -0.05) is 0 Å². The Morgan fingerprint density at radius 1 is 0.926 bits per heavy atom. The Bertz CT molecular complexity index is 857. The third-order valence-electron chi connectivity index (χ3n) is 4.92. The number of nitrogens with zero attached hydrogens (tertiary/aromatic N) is 1. The molecule has 27 heavy (non-hydrogen) atoms. The van der Waals surface area contributed by atoms with E-state index in [1.165, 1.54) is 15.6 Å². The predicted molar refractivity (Wildman–Crippen MR) is 112 cm³/mol. The van der Waals surface area contributed by atoms with Gasteiger partial charge in [0, 0.05) is 0 Å². The molecule has 0 aliphatic carbocycles. The fourth-order valence-corrected chi connectivity index (χ4v) is 6.16. The van der Waals surface area contributed by atoms with Crippen molar-refractivity contribution in [3.8, 4) is 0 Å². The zero-order valence-electron chi connectivity index (χ0n) is 15.2. The second-order valence-electron chi connectivity index (χ2n) is 6.71. The summed E-state index contributed by atoms with van der Waals surface area (Å²) in [5.74, 6) is 0. The van der Waals surface area contributed by atoms with Gasteiger partial charge in [0.25, 0.3) is 0 Å². The zero-order valence-corrected chi connectivity index (χ0v) is 17.6. The summed E-state index contributed by atoms with van der Waals surface area (Å²) in [6.45, 7) is 2.96. The van der Waals surface area contributed by atoms with Crippen molar-refractivity contribution >= 4 is 31.0 Å². The number of hydrogen-bond acceptors (Lipinski definition) is 2. The van der Waals surface area contributed by atoms with Crippen molar-refractivity contribution < 1.29 is 4.84 Å². The van der Waals surface area contributed by atoms with Crippen LogP contribution < -0.4 is 4.46 Å². The second-order valence-corrected chi connectivity index (χ2v) is 9.90. The normalized spacial score (nSPS) is 21.3. The summed E-state index contributed by atoms with van der Waals surface area (Å²) in [7, 11) is 0. The van der Waals surface area contributed by atoms with Crippen LogP contribution in [-0.2, 0) is 4.84 Å². The van der Waals surface area contributed by atoms with Gasteiger partial charge >= 0.3 is 172 Å². The second kappa shape index (κ2) is 8.60. The van der Waals surface area contributed by atoms with Gasteiger partial charge in [-0.15, -0.1) is 0 Å². The van der Waals surface area contributed by atoms with Crippen molar-refractivity contribution in [1.82, 2.24) is 5.06 Å². The Balaban J connectivity index is 1.63. The van der Waals surface area contributed by atoms with Crippen LogP contribution in [0.4, 0.5) is 0 Å². The first-order valence-electron chi connectivity index (χ1n) is 9.16. The Morgan fingerprint density at radius 2 is 1.56 bits per heavy atom. The molecule has 0 spiro atoms. The first-order valence-corrected chi connectivity index (χ1v) is 11.4. The minimum atomic E-state index is 0.157. The molecule has 3 atom stereocenters. The van der Waals surface area contributed by atoms with Crippen molar-refractivity contribution in [1.29, 1.82) is 0 Å². The number of hydroxylamine groups is 2. The number of halogens is 1. The number of rotatable bonds is 5. The van der Waals surface area contributed by atoms with Crippen LogP contribution in [0.15, 0.2) is 84.9 Å². The van der Waals surface area contributed by atoms with E-state index in [9.17, 15) is 0 Å². The van der Waals surface area contributed by atoms with Gasteiger partial charge in [-0.3, -0.25) is 0 Å². The van der Waals surface area contributed by atoms with Gasteiger partial charge in [0.1, 0.15) is 0 Å². The first kappa shape index (κ1) is 18.7. The standard InChI is InChI=1S/C23H22ClNOSe/c1-17(18-12-14-20(24)15-13-18)25-23(19-8-4-2-5-9-19)22(16-26-25)27-21-10-6-3-7-11-21/h2-15,17,22-23H,16H2,1H3/t17?,22-,23+/m1/s1. The molecule has 2 nitrogen and oxygen atoms in total. The van der Waals surface area contributed by atoms with E-state index in [1.54, 1.807) is 0 Å². The molecule has 1 saturated heterocycles. The summed E-state index contributed by atoms with van der Waals surface area (Å²) in [5.41, 5.74) is 2.53. The van der Waals surface area contributed by atoms with Crippen LogP contribution in [0.25, 0.3) is 0 Å². The molecule has 3 aromatic rings. The van der Waals surface area contributed by atoms with Gasteiger partial charge in [0.15, 0.2) is 0 Å². The summed E-state index contributed by atoms with van der Waals surface area (Å²) in [6.07, 6.45) is 0. The Morgan fingerprint density at radius 3 is 2.22 bits per heavy atom. The molecule has 0 amide bonds. The quantitative estimate of drug-likeness (QED) is 0.503. The van der Waals surface area contributed by atoms with Crippen molar-refractivity contribution in [2.75, 3.05) is 6.61 Å². The van der Waals surface area contributed by atoms with Crippen LogP contribution in [0, 0.1) is 0 Å². The van der Waals surface area contributed by atoms with E-state index in [-0.39, 0.29) is 12.1 Å². The SMILES string of the molecule is CC(c1ccc(Cl)cc1)N1OC[C@@H]([Se]c2ccccc2)[C@@H]1c1ccccc1. The van der Waals surface area contributed by atoms with E-state index in [0.717, 1.165) is 11.6 Å². The van der Waals surface area contributed by atoms with Crippen molar-refractivity contribution in [3.05, 3.63) is 101 Å². The van der Waals surface area contributed by atoms with Crippen molar-refractivity contribution in [2.45, 2.75) is 23.8 Å². The molecule has 0 radical (unpaired) electrons. The molecular formula is C23H22ClNOSe. The monoisotopic (exact) mass is 443 g/mol. The average molecular weight is 443 g/mol. The van der Waals surface area contributed by atoms with Gasteiger partial charge < -0.3 is 0 Å². The summed E-state index contributed by atoms with van der Waals surface area (Å²) in [4.78, 5) is 6.74. The van der Waals surface area contributed by atoms with E-state index >= 15 is 0 Å². The van der Waals surface area contributed by atoms with E-state index < -0.39 is 0 Å². The molecule has 1 aliphatic rings. The maximum absolute atomic E-state index is 6.27. The van der Waals surface area contributed by atoms with Crippen LogP contribution in [0.1, 0.15) is 30.1 Å².